The molecule has 3 aromatic rings. The maximum atomic E-state index is 12.9. The van der Waals surface area contributed by atoms with Crippen LogP contribution in [0, 0.1) is 11.8 Å². The Bertz CT molecular complexity index is 1160. The van der Waals surface area contributed by atoms with Crippen LogP contribution in [0.25, 0.3) is 11.4 Å². The minimum atomic E-state index is -0.0250. The first-order valence-electron chi connectivity index (χ1n) is 13.4. The Hall–Kier alpha value is -2.55. The molecule has 0 saturated carbocycles. The average molecular weight is 567 g/mol. The highest BCUT2D eigenvalue weighted by Gasteiger charge is 2.27. The molecule has 37 heavy (non-hydrogen) atoms. The molecule has 1 N–H and O–H groups in total. The van der Waals surface area contributed by atoms with Gasteiger partial charge in [0.15, 0.2) is 0 Å². The maximum Gasteiger partial charge on any atom is 0.241 e. The fourth-order valence-corrected chi connectivity index (χ4v) is 5.69. The third-order valence-electron chi connectivity index (χ3n) is 7.44. The van der Waals surface area contributed by atoms with Gasteiger partial charge >= 0.3 is 0 Å². The summed E-state index contributed by atoms with van der Waals surface area (Å²) < 4.78 is 6.51. The number of hydrogen-bond donors (Lipinski definition) is 1. The van der Waals surface area contributed by atoms with Gasteiger partial charge in [-0.05, 0) is 80.1 Å². The topological polar surface area (TPSA) is 74.5 Å². The molecular weight excluding hydrogens is 530 g/mol. The Balaban J connectivity index is 1.08. The van der Waals surface area contributed by atoms with E-state index >= 15 is 0 Å². The Labute approximate surface area is 227 Å². The molecule has 2 aliphatic rings. The van der Waals surface area contributed by atoms with Crippen LogP contribution in [-0.4, -0.2) is 52.0 Å². The summed E-state index contributed by atoms with van der Waals surface area (Å²) in [5.41, 5.74) is 3.41. The van der Waals surface area contributed by atoms with Gasteiger partial charge in [-0.2, -0.15) is 4.98 Å². The van der Waals surface area contributed by atoms with Gasteiger partial charge in [-0.25, -0.2) is 0 Å². The van der Waals surface area contributed by atoms with Gasteiger partial charge in [0, 0.05) is 36.2 Å². The lowest BCUT2D eigenvalue weighted by atomic mass is 9.97. The van der Waals surface area contributed by atoms with E-state index in [1.165, 1.54) is 31.5 Å². The lowest BCUT2D eigenvalue weighted by Crippen LogP contribution is -2.42. The van der Waals surface area contributed by atoms with Crippen molar-refractivity contribution in [2.45, 2.75) is 52.2 Å². The van der Waals surface area contributed by atoms with Crippen molar-refractivity contribution in [2.24, 2.45) is 11.8 Å². The Morgan fingerprint density at radius 2 is 1.68 bits per heavy atom. The van der Waals surface area contributed by atoms with Crippen LogP contribution in [0.4, 0.5) is 0 Å². The predicted molar refractivity (Wildman–Crippen MR) is 147 cm³/mol. The van der Waals surface area contributed by atoms with Gasteiger partial charge in [-0.15, -0.1) is 0 Å². The second-order valence-corrected chi connectivity index (χ2v) is 11.5. The molecule has 0 radical (unpaired) electrons. The van der Waals surface area contributed by atoms with E-state index in [0.29, 0.717) is 31.3 Å². The number of halogens is 1. The number of carbonyl (C=O) groups excluding carboxylic acids is 1. The summed E-state index contributed by atoms with van der Waals surface area (Å²) in [6.07, 6.45) is 4.53. The van der Waals surface area contributed by atoms with Gasteiger partial charge in [-0.3, -0.25) is 14.6 Å². The highest BCUT2D eigenvalue weighted by atomic mass is 79.9. The van der Waals surface area contributed by atoms with Crippen molar-refractivity contribution in [1.82, 2.24) is 25.3 Å². The summed E-state index contributed by atoms with van der Waals surface area (Å²) in [7, 11) is 0. The van der Waals surface area contributed by atoms with Crippen LogP contribution in [0.5, 0.6) is 0 Å². The van der Waals surface area contributed by atoms with Crippen molar-refractivity contribution in [3.63, 3.8) is 0 Å². The number of amides is 1. The number of hydrogen-bond acceptors (Lipinski definition) is 6. The van der Waals surface area contributed by atoms with Crippen LogP contribution >= 0.6 is 15.9 Å². The summed E-state index contributed by atoms with van der Waals surface area (Å²) in [6.45, 7) is 8.50. The maximum absolute atomic E-state index is 12.9. The number of carbonyl (C=O) groups is 1. The summed E-state index contributed by atoms with van der Waals surface area (Å²) in [6, 6.07) is 16.5. The van der Waals surface area contributed by atoms with Gasteiger partial charge in [0.2, 0.25) is 17.6 Å². The van der Waals surface area contributed by atoms with Crippen molar-refractivity contribution < 1.29 is 9.32 Å². The zero-order valence-corrected chi connectivity index (χ0v) is 23.1. The average Bonchev–Trinajstić information content (AvgIpc) is 3.37. The molecule has 2 unspecified atom stereocenters. The van der Waals surface area contributed by atoms with Gasteiger partial charge in [0.25, 0.3) is 0 Å². The molecule has 0 aliphatic carbocycles. The first-order valence-corrected chi connectivity index (χ1v) is 14.2. The van der Waals surface area contributed by atoms with Gasteiger partial charge in [0.05, 0.1) is 12.5 Å². The molecular formula is C29H36BrN5O2. The van der Waals surface area contributed by atoms with Crippen molar-refractivity contribution >= 4 is 21.8 Å². The zero-order chi connectivity index (χ0) is 25.6. The van der Waals surface area contributed by atoms with E-state index in [-0.39, 0.29) is 11.8 Å². The van der Waals surface area contributed by atoms with Crippen LogP contribution in [0.1, 0.15) is 49.6 Å². The smallest absolute Gasteiger partial charge is 0.241 e. The highest BCUT2D eigenvalue weighted by Crippen LogP contribution is 2.22. The summed E-state index contributed by atoms with van der Waals surface area (Å²) in [5.74, 6) is 2.06. The molecule has 7 nitrogen and oxygen atoms in total. The number of likely N-dealkylation sites (tertiary alicyclic amines) is 2. The SMILES string of the molecule is CC1CCCN(Cc2ccc(CNC(=O)C3CCCN(Cc4nc(-c5ccc(Br)cc5)no4)C3)cc2)C1. The number of nitrogens with one attached hydrogen (secondary N) is 1. The standard InChI is InChI=1S/C29H36BrN5O2/c1-21-4-2-14-34(17-21)18-23-8-6-22(7-9-23)16-31-29(36)25-5-3-15-35(19-25)20-27-32-28(33-37-27)24-10-12-26(30)13-11-24/h6-13,21,25H,2-5,14-20H2,1H3,(H,31,36). The first kappa shape index (κ1) is 26.1. The molecule has 196 valence electrons. The summed E-state index contributed by atoms with van der Waals surface area (Å²) >= 11 is 3.45. The highest BCUT2D eigenvalue weighted by molar-refractivity contribution is 9.10. The second kappa shape index (κ2) is 12.3. The fraction of sp³-hybridized carbons (Fsp3) is 0.483. The molecule has 2 saturated heterocycles. The molecule has 1 amide bonds. The molecule has 2 aliphatic heterocycles. The third-order valence-corrected chi connectivity index (χ3v) is 7.97. The van der Waals surface area contributed by atoms with Gasteiger partial charge in [-0.1, -0.05) is 52.3 Å². The lowest BCUT2D eigenvalue weighted by molar-refractivity contribution is -0.127. The minimum absolute atomic E-state index is 0.0250. The fourth-order valence-electron chi connectivity index (χ4n) is 5.42. The zero-order valence-electron chi connectivity index (χ0n) is 21.5. The molecule has 2 fully saturated rings. The van der Waals surface area contributed by atoms with Gasteiger partial charge in [0.1, 0.15) is 0 Å². The third kappa shape index (κ3) is 7.27. The largest absolute Gasteiger partial charge is 0.352 e. The molecule has 2 aromatic carbocycles. The number of nitrogens with zero attached hydrogens (tertiary/aromatic N) is 4. The number of piperidine rings is 2. The molecule has 1 aromatic heterocycles. The van der Waals surface area contributed by atoms with Crippen molar-refractivity contribution in [2.75, 3.05) is 26.2 Å². The quantitative estimate of drug-likeness (QED) is 0.401. The normalized spacial score (nSPS) is 21.1. The van der Waals surface area contributed by atoms with E-state index in [0.717, 1.165) is 47.4 Å². The van der Waals surface area contributed by atoms with Crippen LogP contribution in [-0.2, 0) is 24.4 Å². The Kier molecular flexibility index (Phi) is 8.69. The predicted octanol–water partition coefficient (Wildman–Crippen LogP) is 5.26. The number of aromatic nitrogens is 2. The summed E-state index contributed by atoms with van der Waals surface area (Å²) in [4.78, 5) is 22.3. The van der Waals surface area contributed by atoms with Crippen LogP contribution in [0.2, 0.25) is 0 Å². The monoisotopic (exact) mass is 565 g/mol. The Morgan fingerprint density at radius 1 is 0.973 bits per heavy atom. The molecule has 0 bridgehead atoms. The van der Waals surface area contributed by atoms with E-state index in [2.05, 4.69) is 72.4 Å². The molecule has 0 spiro atoms. The van der Waals surface area contributed by atoms with E-state index < -0.39 is 0 Å². The van der Waals surface area contributed by atoms with Crippen molar-refractivity contribution in [3.8, 4) is 11.4 Å². The number of benzene rings is 2. The summed E-state index contributed by atoms with van der Waals surface area (Å²) in [5, 5.41) is 7.29. The van der Waals surface area contributed by atoms with Crippen molar-refractivity contribution in [3.05, 3.63) is 70.0 Å². The van der Waals surface area contributed by atoms with E-state index in [1.54, 1.807) is 0 Å². The van der Waals surface area contributed by atoms with E-state index in [9.17, 15) is 4.79 Å². The van der Waals surface area contributed by atoms with Crippen LogP contribution < -0.4 is 5.32 Å². The second-order valence-electron chi connectivity index (χ2n) is 10.6. The molecule has 8 heteroatoms. The van der Waals surface area contributed by atoms with Crippen LogP contribution in [0.3, 0.4) is 0 Å². The van der Waals surface area contributed by atoms with E-state index in [1.807, 2.05) is 24.3 Å². The first-order chi connectivity index (χ1) is 18.0. The van der Waals surface area contributed by atoms with Gasteiger partial charge < -0.3 is 9.84 Å². The number of rotatable bonds is 8. The Morgan fingerprint density at radius 3 is 2.43 bits per heavy atom. The molecule has 2 atom stereocenters. The molecule has 5 rings (SSSR count). The minimum Gasteiger partial charge on any atom is -0.352 e. The lowest BCUT2D eigenvalue weighted by Gasteiger charge is -2.31. The molecule has 3 heterocycles. The van der Waals surface area contributed by atoms with Crippen molar-refractivity contribution in [1.29, 1.82) is 0 Å². The van der Waals surface area contributed by atoms with E-state index in [4.69, 9.17) is 4.52 Å². The van der Waals surface area contributed by atoms with Crippen LogP contribution in [0.15, 0.2) is 57.5 Å².